The van der Waals surface area contributed by atoms with Gasteiger partial charge in [0.25, 0.3) is 0 Å². The molecule has 0 radical (unpaired) electrons. The molecule has 0 aromatic heterocycles. The summed E-state index contributed by atoms with van der Waals surface area (Å²) in [5.74, 6) is 0.120. The fourth-order valence-electron chi connectivity index (χ4n) is 3.14. The Morgan fingerprint density at radius 1 is 1.33 bits per heavy atom. The normalized spacial score (nSPS) is 23.7. The number of carbonyl (C=O) groups is 2. The molecule has 110 valence electrons. The summed E-state index contributed by atoms with van der Waals surface area (Å²) in [6.45, 7) is 5.88. The van der Waals surface area contributed by atoms with Gasteiger partial charge in [0.2, 0.25) is 11.8 Å². The highest BCUT2D eigenvalue weighted by Crippen LogP contribution is 2.41. The lowest BCUT2D eigenvalue weighted by Crippen LogP contribution is -2.33. The third-order valence-corrected chi connectivity index (χ3v) is 4.43. The molecule has 2 aliphatic rings. The number of amides is 2. The molecule has 0 spiro atoms. The standard InChI is InChI=1S/C16H19N3O2/c1-9-7-13(20)17-18-14(9)10-5-6-11-12(8-10)19(4)15(21)16(11,2)3/h5-6,8-9H,7H2,1-4H3,(H,17,20). The van der Waals surface area contributed by atoms with E-state index in [4.69, 9.17) is 0 Å². The Kier molecular flexibility index (Phi) is 2.90. The molecule has 0 bridgehead atoms. The van der Waals surface area contributed by atoms with E-state index in [1.807, 2.05) is 39.0 Å². The van der Waals surface area contributed by atoms with Gasteiger partial charge >= 0.3 is 0 Å². The molecule has 0 saturated heterocycles. The molecule has 21 heavy (non-hydrogen) atoms. The maximum absolute atomic E-state index is 12.3. The fraction of sp³-hybridized carbons (Fsp3) is 0.438. The van der Waals surface area contributed by atoms with Crippen molar-refractivity contribution in [3.05, 3.63) is 29.3 Å². The van der Waals surface area contributed by atoms with Crippen LogP contribution in [0, 0.1) is 5.92 Å². The van der Waals surface area contributed by atoms with Gasteiger partial charge in [-0.1, -0.05) is 19.1 Å². The molecule has 3 rings (SSSR count). The second kappa shape index (κ2) is 4.41. The van der Waals surface area contributed by atoms with Gasteiger partial charge in [0.1, 0.15) is 0 Å². The number of rotatable bonds is 1. The van der Waals surface area contributed by atoms with E-state index in [1.54, 1.807) is 11.9 Å². The SMILES string of the molecule is CC1CC(=O)NN=C1c1ccc2c(c1)N(C)C(=O)C2(C)C. The molecule has 1 N–H and O–H groups in total. The first kappa shape index (κ1) is 13.8. The van der Waals surface area contributed by atoms with E-state index in [0.29, 0.717) is 6.42 Å². The van der Waals surface area contributed by atoms with Crippen LogP contribution in [-0.4, -0.2) is 24.6 Å². The number of hydrazone groups is 1. The minimum atomic E-state index is -0.489. The predicted octanol–water partition coefficient (Wildman–Crippen LogP) is 1.80. The van der Waals surface area contributed by atoms with Gasteiger partial charge in [-0.2, -0.15) is 5.10 Å². The largest absolute Gasteiger partial charge is 0.314 e. The van der Waals surface area contributed by atoms with Crippen LogP contribution in [0.4, 0.5) is 5.69 Å². The lowest BCUT2D eigenvalue weighted by Gasteiger charge is -2.20. The van der Waals surface area contributed by atoms with Crippen LogP contribution in [0.5, 0.6) is 0 Å². The Bertz CT molecular complexity index is 676. The summed E-state index contributed by atoms with van der Waals surface area (Å²) in [6.07, 6.45) is 0.441. The molecular formula is C16H19N3O2. The molecule has 0 aliphatic carbocycles. The lowest BCUT2D eigenvalue weighted by molar-refractivity contribution is -0.122. The van der Waals surface area contributed by atoms with Crippen molar-refractivity contribution in [1.29, 1.82) is 0 Å². The summed E-state index contributed by atoms with van der Waals surface area (Å²) >= 11 is 0. The molecule has 0 saturated carbocycles. The number of hydrogen-bond donors (Lipinski definition) is 1. The Balaban J connectivity index is 2.06. The molecule has 0 fully saturated rings. The van der Waals surface area contributed by atoms with E-state index in [2.05, 4.69) is 10.5 Å². The van der Waals surface area contributed by atoms with E-state index >= 15 is 0 Å². The van der Waals surface area contributed by atoms with Crippen molar-refractivity contribution in [2.24, 2.45) is 11.0 Å². The number of likely N-dealkylation sites (N-methyl/N-ethyl adjacent to an activating group) is 1. The van der Waals surface area contributed by atoms with E-state index in [-0.39, 0.29) is 17.7 Å². The van der Waals surface area contributed by atoms with Crippen molar-refractivity contribution >= 4 is 23.2 Å². The summed E-state index contributed by atoms with van der Waals surface area (Å²) in [4.78, 5) is 25.4. The Hall–Kier alpha value is -2.17. The van der Waals surface area contributed by atoms with Crippen molar-refractivity contribution in [2.75, 3.05) is 11.9 Å². The van der Waals surface area contributed by atoms with Crippen LogP contribution in [0.25, 0.3) is 0 Å². The molecule has 1 aromatic carbocycles. The Labute approximate surface area is 124 Å². The van der Waals surface area contributed by atoms with Crippen molar-refractivity contribution in [1.82, 2.24) is 5.43 Å². The number of carbonyl (C=O) groups excluding carboxylic acids is 2. The highest BCUT2D eigenvalue weighted by Gasteiger charge is 2.42. The van der Waals surface area contributed by atoms with Gasteiger partial charge in [0.15, 0.2) is 0 Å². The van der Waals surface area contributed by atoms with Gasteiger partial charge in [-0.05, 0) is 25.5 Å². The second-order valence-electron chi connectivity index (χ2n) is 6.36. The highest BCUT2D eigenvalue weighted by molar-refractivity contribution is 6.10. The van der Waals surface area contributed by atoms with Crippen molar-refractivity contribution in [3.63, 3.8) is 0 Å². The summed E-state index contributed by atoms with van der Waals surface area (Å²) in [6, 6.07) is 5.98. The van der Waals surface area contributed by atoms with Gasteiger partial charge in [0, 0.05) is 30.6 Å². The van der Waals surface area contributed by atoms with E-state index in [0.717, 1.165) is 22.5 Å². The molecule has 2 aliphatic heterocycles. The number of nitrogens with one attached hydrogen (secondary N) is 1. The van der Waals surface area contributed by atoms with Gasteiger partial charge < -0.3 is 4.90 Å². The predicted molar refractivity (Wildman–Crippen MR) is 81.3 cm³/mol. The molecule has 5 nitrogen and oxygen atoms in total. The minimum absolute atomic E-state index is 0.0548. The molecule has 1 atom stereocenters. The number of anilines is 1. The molecule has 2 amide bonds. The highest BCUT2D eigenvalue weighted by atomic mass is 16.2. The monoisotopic (exact) mass is 285 g/mol. The molecular weight excluding hydrogens is 266 g/mol. The number of nitrogens with zero attached hydrogens (tertiary/aromatic N) is 2. The third-order valence-electron chi connectivity index (χ3n) is 4.43. The third kappa shape index (κ3) is 1.95. The first-order valence-electron chi connectivity index (χ1n) is 7.12. The van der Waals surface area contributed by atoms with Crippen LogP contribution in [0.2, 0.25) is 0 Å². The van der Waals surface area contributed by atoms with Crippen molar-refractivity contribution in [3.8, 4) is 0 Å². The van der Waals surface area contributed by atoms with Gasteiger partial charge in [0.05, 0.1) is 11.1 Å². The summed E-state index contributed by atoms with van der Waals surface area (Å²) in [5.41, 5.74) is 5.82. The number of benzene rings is 1. The summed E-state index contributed by atoms with van der Waals surface area (Å²) < 4.78 is 0. The Morgan fingerprint density at radius 2 is 2.05 bits per heavy atom. The molecule has 5 heteroatoms. The van der Waals surface area contributed by atoms with Crippen LogP contribution in [-0.2, 0) is 15.0 Å². The smallest absolute Gasteiger partial charge is 0.240 e. The Morgan fingerprint density at radius 3 is 2.71 bits per heavy atom. The zero-order chi connectivity index (χ0) is 15.4. The number of hydrogen-bond acceptors (Lipinski definition) is 3. The van der Waals surface area contributed by atoms with Gasteiger partial charge in [-0.15, -0.1) is 0 Å². The summed E-state index contributed by atoms with van der Waals surface area (Å²) in [7, 11) is 1.80. The van der Waals surface area contributed by atoms with Crippen molar-refractivity contribution < 1.29 is 9.59 Å². The second-order valence-corrected chi connectivity index (χ2v) is 6.36. The maximum atomic E-state index is 12.3. The fourth-order valence-corrected chi connectivity index (χ4v) is 3.14. The lowest BCUT2D eigenvalue weighted by atomic mass is 9.85. The van der Waals surface area contributed by atoms with Gasteiger partial charge in [-0.3, -0.25) is 9.59 Å². The van der Waals surface area contributed by atoms with Gasteiger partial charge in [-0.25, -0.2) is 5.43 Å². The average Bonchev–Trinajstić information content (AvgIpc) is 2.60. The molecule has 2 heterocycles. The quantitative estimate of drug-likeness (QED) is 0.855. The maximum Gasteiger partial charge on any atom is 0.240 e. The average molecular weight is 285 g/mol. The molecule has 1 unspecified atom stereocenters. The topological polar surface area (TPSA) is 61.8 Å². The first-order chi connectivity index (χ1) is 9.82. The van der Waals surface area contributed by atoms with Crippen LogP contribution in [0.1, 0.15) is 38.3 Å². The van der Waals surface area contributed by atoms with E-state index in [1.165, 1.54) is 0 Å². The zero-order valence-corrected chi connectivity index (χ0v) is 12.7. The van der Waals surface area contributed by atoms with Crippen molar-refractivity contribution in [2.45, 2.75) is 32.6 Å². The number of fused-ring (bicyclic) bond motifs is 1. The van der Waals surface area contributed by atoms with Crippen LogP contribution in [0.3, 0.4) is 0 Å². The zero-order valence-electron chi connectivity index (χ0n) is 12.7. The summed E-state index contributed by atoms with van der Waals surface area (Å²) in [5, 5.41) is 4.18. The van der Waals surface area contributed by atoms with E-state index in [9.17, 15) is 9.59 Å². The van der Waals surface area contributed by atoms with Crippen LogP contribution >= 0.6 is 0 Å². The molecule has 1 aromatic rings. The van der Waals surface area contributed by atoms with Crippen LogP contribution in [0.15, 0.2) is 23.3 Å². The minimum Gasteiger partial charge on any atom is -0.314 e. The first-order valence-corrected chi connectivity index (χ1v) is 7.12. The van der Waals surface area contributed by atoms with E-state index < -0.39 is 5.41 Å². The van der Waals surface area contributed by atoms with Crippen LogP contribution < -0.4 is 10.3 Å².